The van der Waals surface area contributed by atoms with Gasteiger partial charge in [-0.15, -0.1) is 13.2 Å². The molecule has 1 unspecified atom stereocenters. The molecule has 1 atom stereocenters. The van der Waals surface area contributed by atoms with Crippen molar-refractivity contribution in [3.05, 3.63) is 65.2 Å². The molecule has 37 heavy (non-hydrogen) atoms. The monoisotopic (exact) mass is 520 g/mol. The Labute approximate surface area is 211 Å². The van der Waals surface area contributed by atoms with Crippen molar-refractivity contribution in [2.45, 2.75) is 46.1 Å². The van der Waals surface area contributed by atoms with Gasteiger partial charge in [0.05, 0.1) is 12.0 Å². The number of hydrogen-bond acceptors (Lipinski definition) is 7. The fraction of sp³-hybridized carbons (Fsp3) is 0.296. The van der Waals surface area contributed by atoms with Crippen LogP contribution < -0.4 is 4.74 Å². The molecule has 0 aliphatic heterocycles. The number of allylic oxidation sites excluding steroid dienone is 2. The van der Waals surface area contributed by atoms with E-state index < -0.39 is 41.3 Å². The SMILES string of the molecule is Cc1cc(/C=C/C(=O)C(CCC(=O)OC(C)C)C(=O)/C=C/c2ccc(O)c(OC(F)(F)F)c2)ccc1O. The number of halogens is 3. The standard InChI is InChI=1S/C27H27F3O7/c1-16(2)36-26(35)13-8-20(22(32)10-5-18-4-9-21(31)17(3)14-18)23(33)11-6-19-7-12-24(34)25(15-19)37-27(28,29)30/h4-7,9-12,14-16,20,31,34H,8,13H2,1-3H3/b10-5+,11-6+. The molecule has 2 aromatic rings. The lowest BCUT2D eigenvalue weighted by Crippen LogP contribution is -2.23. The van der Waals surface area contributed by atoms with Crippen LogP contribution in [0.15, 0.2) is 48.6 Å². The van der Waals surface area contributed by atoms with Crippen LogP contribution in [-0.2, 0) is 19.1 Å². The van der Waals surface area contributed by atoms with E-state index in [0.717, 1.165) is 18.2 Å². The molecule has 0 aromatic heterocycles. The van der Waals surface area contributed by atoms with Gasteiger partial charge in [-0.1, -0.05) is 24.3 Å². The average Bonchev–Trinajstić information content (AvgIpc) is 2.79. The van der Waals surface area contributed by atoms with Gasteiger partial charge in [-0.3, -0.25) is 14.4 Å². The highest BCUT2D eigenvalue weighted by Crippen LogP contribution is 2.32. The van der Waals surface area contributed by atoms with E-state index in [1.54, 1.807) is 32.9 Å². The summed E-state index contributed by atoms with van der Waals surface area (Å²) in [5.74, 6) is -4.62. The number of carbonyl (C=O) groups excluding carboxylic acids is 3. The number of ketones is 2. The molecular weight excluding hydrogens is 493 g/mol. The van der Waals surface area contributed by atoms with Gasteiger partial charge < -0.3 is 19.7 Å². The Balaban J connectivity index is 2.25. The number of ether oxygens (including phenoxy) is 2. The van der Waals surface area contributed by atoms with E-state index in [0.29, 0.717) is 11.1 Å². The molecule has 0 spiro atoms. The molecule has 2 aromatic carbocycles. The number of alkyl halides is 3. The Bertz CT molecular complexity index is 1200. The first-order chi connectivity index (χ1) is 17.2. The number of carbonyl (C=O) groups is 3. The first-order valence-corrected chi connectivity index (χ1v) is 11.3. The van der Waals surface area contributed by atoms with Crippen molar-refractivity contribution >= 4 is 29.7 Å². The number of esters is 1. The van der Waals surface area contributed by atoms with Crippen molar-refractivity contribution in [2.75, 3.05) is 0 Å². The lowest BCUT2D eigenvalue weighted by Gasteiger charge is -2.12. The molecule has 0 saturated heterocycles. The molecule has 2 N–H and O–H groups in total. The van der Waals surface area contributed by atoms with Crippen LogP contribution in [-0.4, -0.2) is 40.2 Å². The van der Waals surface area contributed by atoms with E-state index in [-0.39, 0.29) is 30.3 Å². The van der Waals surface area contributed by atoms with Crippen molar-refractivity contribution in [3.8, 4) is 17.2 Å². The summed E-state index contributed by atoms with van der Waals surface area (Å²) in [5, 5.41) is 19.2. The maximum absolute atomic E-state index is 12.9. The second-order valence-corrected chi connectivity index (χ2v) is 8.42. The summed E-state index contributed by atoms with van der Waals surface area (Å²) in [7, 11) is 0. The van der Waals surface area contributed by atoms with E-state index >= 15 is 0 Å². The van der Waals surface area contributed by atoms with E-state index in [1.807, 2.05) is 0 Å². The van der Waals surface area contributed by atoms with Gasteiger partial charge in [0.1, 0.15) is 5.75 Å². The molecule has 0 radical (unpaired) electrons. The summed E-state index contributed by atoms with van der Waals surface area (Å²) in [5.41, 5.74) is 1.29. The number of aromatic hydroxyl groups is 2. The minimum atomic E-state index is -5.03. The van der Waals surface area contributed by atoms with Gasteiger partial charge in [0.15, 0.2) is 23.1 Å². The average molecular weight is 521 g/mol. The number of benzene rings is 2. The smallest absolute Gasteiger partial charge is 0.508 e. The quantitative estimate of drug-likeness (QED) is 0.228. The molecule has 198 valence electrons. The van der Waals surface area contributed by atoms with Crippen LogP contribution in [0.3, 0.4) is 0 Å². The van der Waals surface area contributed by atoms with Crippen LogP contribution >= 0.6 is 0 Å². The topological polar surface area (TPSA) is 110 Å². The molecular formula is C27H27F3O7. The first-order valence-electron chi connectivity index (χ1n) is 11.3. The number of rotatable bonds is 11. The summed E-state index contributed by atoms with van der Waals surface area (Å²) in [6, 6.07) is 7.79. The normalized spacial score (nSPS) is 12.7. The van der Waals surface area contributed by atoms with Gasteiger partial charge in [0.25, 0.3) is 0 Å². The zero-order valence-electron chi connectivity index (χ0n) is 20.4. The van der Waals surface area contributed by atoms with Gasteiger partial charge in [0.2, 0.25) is 0 Å². The first kappa shape index (κ1) is 29.2. The van der Waals surface area contributed by atoms with Gasteiger partial charge in [-0.25, -0.2) is 0 Å². The van der Waals surface area contributed by atoms with Crippen molar-refractivity contribution in [2.24, 2.45) is 5.92 Å². The maximum atomic E-state index is 12.9. The van der Waals surface area contributed by atoms with Gasteiger partial charge >= 0.3 is 12.3 Å². The number of phenolic OH excluding ortho intramolecular Hbond substituents is 2. The molecule has 2 rings (SSSR count). The van der Waals surface area contributed by atoms with E-state index in [4.69, 9.17) is 4.74 Å². The summed E-state index contributed by atoms with van der Waals surface area (Å²) < 4.78 is 46.4. The zero-order valence-corrected chi connectivity index (χ0v) is 20.4. The van der Waals surface area contributed by atoms with Crippen molar-refractivity contribution < 1.29 is 47.2 Å². The second kappa shape index (κ2) is 12.8. The zero-order chi connectivity index (χ0) is 27.8. The van der Waals surface area contributed by atoms with Gasteiger partial charge in [-0.2, -0.15) is 0 Å². The largest absolute Gasteiger partial charge is 0.573 e. The Hall–Kier alpha value is -4.08. The maximum Gasteiger partial charge on any atom is 0.573 e. The van der Waals surface area contributed by atoms with E-state index in [9.17, 15) is 37.8 Å². The Morgan fingerprint density at radius 1 is 0.919 bits per heavy atom. The second-order valence-electron chi connectivity index (χ2n) is 8.42. The highest BCUT2D eigenvalue weighted by Gasteiger charge is 2.32. The number of phenols is 2. The molecule has 0 fully saturated rings. The molecule has 0 amide bonds. The Morgan fingerprint density at radius 3 is 1.97 bits per heavy atom. The van der Waals surface area contributed by atoms with Crippen LogP contribution in [0.1, 0.15) is 43.4 Å². The van der Waals surface area contributed by atoms with Crippen LogP contribution in [0, 0.1) is 12.8 Å². The number of aryl methyl sites for hydroxylation is 1. The molecule has 0 heterocycles. The van der Waals surface area contributed by atoms with Crippen LogP contribution in [0.2, 0.25) is 0 Å². The van der Waals surface area contributed by atoms with Crippen molar-refractivity contribution in [1.29, 1.82) is 0 Å². The highest BCUT2D eigenvalue weighted by atomic mass is 19.4. The Morgan fingerprint density at radius 2 is 1.46 bits per heavy atom. The number of hydrogen-bond donors (Lipinski definition) is 2. The fourth-order valence-electron chi connectivity index (χ4n) is 3.22. The summed E-state index contributed by atoms with van der Waals surface area (Å²) in [4.78, 5) is 37.8. The predicted molar refractivity (Wildman–Crippen MR) is 130 cm³/mol. The third kappa shape index (κ3) is 9.83. The van der Waals surface area contributed by atoms with Crippen molar-refractivity contribution in [3.63, 3.8) is 0 Å². The fourth-order valence-corrected chi connectivity index (χ4v) is 3.22. The van der Waals surface area contributed by atoms with Crippen molar-refractivity contribution in [1.82, 2.24) is 0 Å². The lowest BCUT2D eigenvalue weighted by atomic mass is 9.92. The Kier molecular flexibility index (Phi) is 10.0. The molecule has 0 aliphatic carbocycles. The van der Waals surface area contributed by atoms with Gasteiger partial charge in [0, 0.05) is 6.42 Å². The van der Waals surface area contributed by atoms with Gasteiger partial charge in [-0.05, 0) is 80.3 Å². The summed E-state index contributed by atoms with van der Waals surface area (Å²) in [6.45, 7) is 5.00. The lowest BCUT2D eigenvalue weighted by molar-refractivity contribution is -0.275. The highest BCUT2D eigenvalue weighted by molar-refractivity contribution is 6.13. The predicted octanol–water partition coefficient (Wildman–Crippen LogP) is 5.52. The minimum absolute atomic E-state index is 0.0864. The van der Waals surface area contributed by atoms with Crippen LogP contribution in [0.25, 0.3) is 12.2 Å². The molecule has 10 heteroatoms. The van der Waals surface area contributed by atoms with E-state index in [1.165, 1.54) is 30.4 Å². The summed E-state index contributed by atoms with van der Waals surface area (Å²) in [6.07, 6.45) is -0.924. The molecule has 7 nitrogen and oxygen atoms in total. The van der Waals surface area contributed by atoms with Crippen LogP contribution in [0.4, 0.5) is 13.2 Å². The van der Waals surface area contributed by atoms with E-state index in [2.05, 4.69) is 4.74 Å². The molecule has 0 bridgehead atoms. The minimum Gasteiger partial charge on any atom is -0.508 e. The third-order valence-corrected chi connectivity index (χ3v) is 5.00. The molecule has 0 saturated carbocycles. The van der Waals surface area contributed by atoms with Crippen LogP contribution in [0.5, 0.6) is 17.2 Å². The third-order valence-electron chi connectivity index (χ3n) is 5.00. The summed E-state index contributed by atoms with van der Waals surface area (Å²) >= 11 is 0. The molecule has 0 aliphatic rings.